The summed E-state index contributed by atoms with van der Waals surface area (Å²) in [7, 11) is 1.55. The van der Waals surface area contributed by atoms with E-state index >= 15 is 0 Å². The molecule has 0 heterocycles. The van der Waals surface area contributed by atoms with Crippen LogP contribution in [0, 0.1) is 6.92 Å². The number of methoxy groups -OCH3 is 1. The molecule has 5 heteroatoms. The minimum Gasteiger partial charge on any atom is -0.495 e. The van der Waals surface area contributed by atoms with Gasteiger partial charge in [-0.25, -0.2) is 0 Å². The number of nitrogens with one attached hydrogen (secondary N) is 2. The van der Waals surface area contributed by atoms with Crippen LogP contribution >= 0.6 is 0 Å². The third-order valence-corrected chi connectivity index (χ3v) is 4.02. The van der Waals surface area contributed by atoms with Gasteiger partial charge in [-0.05, 0) is 55.0 Å². The number of aryl methyl sites for hydroxylation is 1. The minimum absolute atomic E-state index is 0.274. The van der Waals surface area contributed by atoms with Crippen LogP contribution in [0.15, 0.2) is 72.8 Å². The zero-order valence-corrected chi connectivity index (χ0v) is 15.2. The van der Waals surface area contributed by atoms with E-state index in [1.165, 1.54) is 0 Å². The molecule has 0 spiro atoms. The van der Waals surface area contributed by atoms with E-state index in [0.29, 0.717) is 28.3 Å². The van der Waals surface area contributed by atoms with Gasteiger partial charge in [0.15, 0.2) is 0 Å². The average molecular weight is 360 g/mol. The fourth-order valence-corrected chi connectivity index (χ4v) is 2.64. The van der Waals surface area contributed by atoms with Crippen molar-refractivity contribution < 1.29 is 14.3 Å². The molecule has 2 N–H and O–H groups in total. The Labute approximate surface area is 158 Å². The number of rotatable bonds is 5. The van der Waals surface area contributed by atoms with Gasteiger partial charge in [-0.1, -0.05) is 30.3 Å². The lowest BCUT2D eigenvalue weighted by molar-refractivity contribution is 0.102. The van der Waals surface area contributed by atoms with Gasteiger partial charge in [-0.3, -0.25) is 9.59 Å². The van der Waals surface area contributed by atoms with E-state index in [1.807, 2.05) is 37.3 Å². The molecule has 0 radical (unpaired) electrons. The lowest BCUT2D eigenvalue weighted by Crippen LogP contribution is -2.16. The van der Waals surface area contributed by atoms with Crippen molar-refractivity contribution in [3.8, 4) is 5.75 Å². The highest BCUT2D eigenvalue weighted by atomic mass is 16.5. The van der Waals surface area contributed by atoms with E-state index in [9.17, 15) is 9.59 Å². The van der Waals surface area contributed by atoms with Crippen molar-refractivity contribution in [1.29, 1.82) is 0 Å². The maximum atomic E-state index is 12.6. The van der Waals surface area contributed by atoms with Crippen LogP contribution < -0.4 is 15.4 Å². The number of benzene rings is 3. The monoisotopic (exact) mass is 360 g/mol. The van der Waals surface area contributed by atoms with Crippen molar-refractivity contribution in [2.75, 3.05) is 17.7 Å². The molecule has 2 amide bonds. The smallest absolute Gasteiger partial charge is 0.255 e. The molecule has 0 atom stereocenters. The van der Waals surface area contributed by atoms with Crippen LogP contribution in [0.4, 0.5) is 11.4 Å². The van der Waals surface area contributed by atoms with Gasteiger partial charge in [0, 0.05) is 16.8 Å². The Morgan fingerprint density at radius 3 is 2.11 bits per heavy atom. The number of ether oxygens (including phenoxy) is 1. The first-order valence-electron chi connectivity index (χ1n) is 8.49. The largest absolute Gasteiger partial charge is 0.495 e. The van der Waals surface area contributed by atoms with Crippen molar-refractivity contribution in [3.05, 3.63) is 89.5 Å². The maximum Gasteiger partial charge on any atom is 0.255 e. The fourth-order valence-electron chi connectivity index (χ4n) is 2.64. The second-order valence-corrected chi connectivity index (χ2v) is 6.06. The second kappa shape index (κ2) is 8.19. The van der Waals surface area contributed by atoms with Gasteiger partial charge in [-0.15, -0.1) is 0 Å². The minimum atomic E-state index is -0.312. The Morgan fingerprint density at radius 2 is 1.44 bits per heavy atom. The van der Waals surface area contributed by atoms with Gasteiger partial charge in [0.25, 0.3) is 11.8 Å². The molecule has 0 saturated carbocycles. The van der Waals surface area contributed by atoms with E-state index in [1.54, 1.807) is 49.6 Å². The number of hydrogen-bond acceptors (Lipinski definition) is 3. The molecule has 0 aromatic heterocycles. The predicted octanol–water partition coefficient (Wildman–Crippen LogP) is 4.51. The molecule has 0 aliphatic carbocycles. The molecule has 3 aromatic carbocycles. The lowest BCUT2D eigenvalue weighted by atomic mass is 10.1. The van der Waals surface area contributed by atoms with Gasteiger partial charge in [-0.2, -0.15) is 0 Å². The van der Waals surface area contributed by atoms with E-state index in [4.69, 9.17) is 4.74 Å². The van der Waals surface area contributed by atoms with Crippen LogP contribution in [0.1, 0.15) is 26.3 Å². The van der Waals surface area contributed by atoms with Gasteiger partial charge >= 0.3 is 0 Å². The number of carbonyl (C=O) groups excluding carboxylic acids is 2. The molecule has 0 bridgehead atoms. The summed E-state index contributed by atoms with van der Waals surface area (Å²) in [5.74, 6) is -0.0100. The molecule has 27 heavy (non-hydrogen) atoms. The molecule has 0 fully saturated rings. The molecule has 0 aliphatic rings. The standard InChI is InChI=1S/C22H20N2O3/c1-15-11-12-20(27-2)19(13-15)24-22(26)17-8-6-7-16(14-17)21(25)23-18-9-4-3-5-10-18/h3-14H,1-2H3,(H,23,25)(H,24,26). The molecule has 3 rings (SSSR count). The summed E-state index contributed by atoms with van der Waals surface area (Å²) >= 11 is 0. The Morgan fingerprint density at radius 1 is 0.778 bits per heavy atom. The third kappa shape index (κ3) is 4.52. The molecule has 0 saturated heterocycles. The fraction of sp³-hybridized carbons (Fsp3) is 0.0909. The van der Waals surface area contributed by atoms with Crippen molar-refractivity contribution in [3.63, 3.8) is 0 Å². The normalized spacial score (nSPS) is 10.1. The number of amides is 2. The average Bonchev–Trinajstić information content (AvgIpc) is 2.69. The summed E-state index contributed by atoms with van der Waals surface area (Å²) < 4.78 is 5.29. The zero-order chi connectivity index (χ0) is 19.2. The summed E-state index contributed by atoms with van der Waals surface area (Å²) in [6.45, 7) is 1.93. The Hall–Kier alpha value is -3.60. The van der Waals surface area contributed by atoms with Gasteiger partial charge in [0.05, 0.1) is 12.8 Å². The maximum absolute atomic E-state index is 12.6. The topological polar surface area (TPSA) is 67.4 Å². The molecule has 3 aromatic rings. The Balaban J connectivity index is 1.78. The van der Waals surface area contributed by atoms with Gasteiger partial charge in [0.1, 0.15) is 5.75 Å². The number of anilines is 2. The molecule has 136 valence electrons. The van der Waals surface area contributed by atoms with Crippen LogP contribution in [-0.2, 0) is 0 Å². The summed E-state index contributed by atoms with van der Waals surface area (Å²) in [4.78, 5) is 25.1. The first kappa shape index (κ1) is 18.2. The number of para-hydroxylation sites is 1. The van der Waals surface area contributed by atoms with E-state index in [2.05, 4.69) is 10.6 Å². The quantitative estimate of drug-likeness (QED) is 0.703. The van der Waals surface area contributed by atoms with Crippen LogP contribution in [0.3, 0.4) is 0 Å². The molecular formula is C22H20N2O3. The molecule has 0 aliphatic heterocycles. The predicted molar refractivity (Wildman–Crippen MR) is 107 cm³/mol. The van der Waals surface area contributed by atoms with Crippen LogP contribution in [0.5, 0.6) is 5.75 Å². The van der Waals surface area contributed by atoms with Crippen molar-refractivity contribution in [2.24, 2.45) is 0 Å². The van der Waals surface area contributed by atoms with Crippen molar-refractivity contribution >= 4 is 23.2 Å². The highest BCUT2D eigenvalue weighted by Gasteiger charge is 2.13. The molecule has 5 nitrogen and oxygen atoms in total. The second-order valence-electron chi connectivity index (χ2n) is 6.06. The third-order valence-electron chi connectivity index (χ3n) is 4.02. The Bertz CT molecular complexity index is 968. The Kier molecular flexibility index (Phi) is 5.52. The number of hydrogen-bond donors (Lipinski definition) is 2. The van der Waals surface area contributed by atoms with Crippen molar-refractivity contribution in [1.82, 2.24) is 0 Å². The lowest BCUT2D eigenvalue weighted by Gasteiger charge is -2.12. The SMILES string of the molecule is COc1ccc(C)cc1NC(=O)c1cccc(C(=O)Nc2ccccc2)c1. The summed E-state index contributed by atoms with van der Waals surface area (Å²) in [6.07, 6.45) is 0. The highest BCUT2D eigenvalue weighted by molar-refractivity contribution is 6.09. The van der Waals surface area contributed by atoms with E-state index < -0.39 is 0 Å². The molecular weight excluding hydrogens is 340 g/mol. The summed E-state index contributed by atoms with van der Waals surface area (Å²) in [6, 6.07) is 21.3. The van der Waals surface area contributed by atoms with Crippen LogP contribution in [-0.4, -0.2) is 18.9 Å². The van der Waals surface area contributed by atoms with Crippen LogP contribution in [0.25, 0.3) is 0 Å². The summed E-state index contributed by atoms with van der Waals surface area (Å²) in [5.41, 5.74) is 3.08. The highest BCUT2D eigenvalue weighted by Crippen LogP contribution is 2.25. The van der Waals surface area contributed by atoms with Crippen LogP contribution in [0.2, 0.25) is 0 Å². The molecule has 0 unspecified atom stereocenters. The van der Waals surface area contributed by atoms with Gasteiger partial charge in [0.2, 0.25) is 0 Å². The first-order valence-corrected chi connectivity index (χ1v) is 8.49. The zero-order valence-electron chi connectivity index (χ0n) is 15.2. The van der Waals surface area contributed by atoms with Gasteiger partial charge < -0.3 is 15.4 Å². The van der Waals surface area contributed by atoms with E-state index in [0.717, 1.165) is 5.56 Å². The first-order chi connectivity index (χ1) is 13.1. The van der Waals surface area contributed by atoms with E-state index in [-0.39, 0.29) is 11.8 Å². The summed E-state index contributed by atoms with van der Waals surface area (Å²) in [5, 5.41) is 5.65. The van der Waals surface area contributed by atoms with Crippen molar-refractivity contribution in [2.45, 2.75) is 6.92 Å². The number of carbonyl (C=O) groups is 2.